The molecule has 1 saturated heterocycles. The molecule has 3 nitrogen and oxygen atoms in total. The number of hydrogen-bond acceptors (Lipinski definition) is 3. The molecule has 1 aliphatic heterocycles. The van der Waals surface area contributed by atoms with Crippen LogP contribution in [0.1, 0.15) is 52.7 Å². The monoisotopic (exact) mass is 317 g/mol. The van der Waals surface area contributed by atoms with E-state index in [0.29, 0.717) is 11.8 Å². The standard InChI is InChI=1S/C20H31NO2/c1-14(2)11-16-7-9-17(10-8-16)13-21-12-15(3)18(21)19(22)23-20(4,5)6/h7-10,14-15,18H,11-13H2,1-6H3/t15?,18-/m1/s1. The van der Waals surface area contributed by atoms with Crippen LogP contribution in [0.4, 0.5) is 0 Å². The highest BCUT2D eigenvalue weighted by Crippen LogP contribution is 2.29. The number of rotatable bonds is 5. The maximum Gasteiger partial charge on any atom is 0.324 e. The molecule has 2 atom stereocenters. The smallest absolute Gasteiger partial charge is 0.324 e. The van der Waals surface area contributed by atoms with Gasteiger partial charge in [0.2, 0.25) is 0 Å². The summed E-state index contributed by atoms with van der Waals surface area (Å²) < 4.78 is 5.56. The molecule has 0 spiro atoms. The van der Waals surface area contributed by atoms with E-state index in [0.717, 1.165) is 19.5 Å². The van der Waals surface area contributed by atoms with E-state index in [4.69, 9.17) is 4.74 Å². The lowest BCUT2D eigenvalue weighted by Crippen LogP contribution is -2.59. The Bertz CT molecular complexity index is 528. The number of benzene rings is 1. The highest BCUT2D eigenvalue weighted by molar-refractivity contribution is 5.77. The molecule has 0 saturated carbocycles. The number of nitrogens with zero attached hydrogens (tertiary/aromatic N) is 1. The van der Waals surface area contributed by atoms with Gasteiger partial charge in [-0.15, -0.1) is 0 Å². The molecule has 1 fully saturated rings. The van der Waals surface area contributed by atoms with Crippen molar-refractivity contribution in [2.75, 3.05) is 6.54 Å². The van der Waals surface area contributed by atoms with E-state index in [1.165, 1.54) is 11.1 Å². The number of esters is 1. The van der Waals surface area contributed by atoms with Crippen molar-refractivity contribution in [3.63, 3.8) is 0 Å². The Kier molecular flexibility index (Phi) is 5.51. The first-order valence-electron chi connectivity index (χ1n) is 8.70. The van der Waals surface area contributed by atoms with Gasteiger partial charge in [0.1, 0.15) is 11.6 Å². The van der Waals surface area contributed by atoms with Crippen LogP contribution in [-0.4, -0.2) is 29.1 Å². The first-order valence-corrected chi connectivity index (χ1v) is 8.70. The molecule has 1 heterocycles. The summed E-state index contributed by atoms with van der Waals surface area (Å²) in [4.78, 5) is 14.6. The topological polar surface area (TPSA) is 29.5 Å². The fourth-order valence-electron chi connectivity index (χ4n) is 3.20. The van der Waals surface area contributed by atoms with Crippen LogP contribution in [0.25, 0.3) is 0 Å². The highest BCUT2D eigenvalue weighted by atomic mass is 16.6. The van der Waals surface area contributed by atoms with Gasteiger partial charge in [-0.25, -0.2) is 0 Å². The number of carbonyl (C=O) groups is 1. The molecule has 1 aromatic carbocycles. The molecular weight excluding hydrogens is 286 g/mol. The third-order valence-corrected chi connectivity index (χ3v) is 4.16. The Morgan fingerprint density at radius 3 is 2.26 bits per heavy atom. The minimum absolute atomic E-state index is 0.0901. The van der Waals surface area contributed by atoms with E-state index in [9.17, 15) is 4.79 Å². The number of carbonyl (C=O) groups excluding carboxylic acids is 1. The van der Waals surface area contributed by atoms with Gasteiger partial charge in [0, 0.05) is 13.1 Å². The zero-order valence-corrected chi connectivity index (χ0v) is 15.4. The number of ether oxygens (including phenoxy) is 1. The first-order chi connectivity index (χ1) is 10.7. The van der Waals surface area contributed by atoms with Gasteiger partial charge in [-0.1, -0.05) is 45.0 Å². The van der Waals surface area contributed by atoms with Crippen LogP contribution in [0.15, 0.2) is 24.3 Å². The van der Waals surface area contributed by atoms with Gasteiger partial charge in [0.15, 0.2) is 0 Å². The average Bonchev–Trinajstić information content (AvgIpc) is 2.37. The summed E-state index contributed by atoms with van der Waals surface area (Å²) in [5.41, 5.74) is 2.22. The van der Waals surface area contributed by atoms with Gasteiger partial charge in [-0.05, 0) is 50.2 Å². The van der Waals surface area contributed by atoms with Crippen molar-refractivity contribution < 1.29 is 9.53 Å². The Balaban J connectivity index is 1.95. The largest absolute Gasteiger partial charge is 0.459 e. The highest BCUT2D eigenvalue weighted by Gasteiger charge is 2.43. The SMILES string of the molecule is CC(C)Cc1ccc(CN2CC(C)[C@@H]2C(=O)OC(C)(C)C)cc1. The molecule has 0 radical (unpaired) electrons. The van der Waals surface area contributed by atoms with Crippen molar-refractivity contribution in [2.24, 2.45) is 11.8 Å². The summed E-state index contributed by atoms with van der Waals surface area (Å²) in [7, 11) is 0. The fourth-order valence-corrected chi connectivity index (χ4v) is 3.20. The van der Waals surface area contributed by atoms with Crippen LogP contribution in [0.3, 0.4) is 0 Å². The van der Waals surface area contributed by atoms with Crippen molar-refractivity contribution in [2.45, 2.75) is 66.2 Å². The van der Waals surface area contributed by atoms with E-state index in [-0.39, 0.29) is 12.0 Å². The van der Waals surface area contributed by atoms with Crippen molar-refractivity contribution in [3.05, 3.63) is 35.4 Å². The predicted molar refractivity (Wildman–Crippen MR) is 94.2 cm³/mol. The van der Waals surface area contributed by atoms with Crippen LogP contribution in [0.2, 0.25) is 0 Å². The number of hydrogen-bond donors (Lipinski definition) is 0. The molecule has 1 unspecified atom stereocenters. The molecule has 128 valence electrons. The van der Waals surface area contributed by atoms with Crippen LogP contribution in [-0.2, 0) is 22.5 Å². The lowest BCUT2D eigenvalue weighted by Gasteiger charge is -2.45. The molecule has 0 N–H and O–H groups in total. The van der Waals surface area contributed by atoms with E-state index in [1.807, 2.05) is 20.8 Å². The molecule has 2 rings (SSSR count). The summed E-state index contributed by atoms with van der Waals surface area (Å²) in [6.45, 7) is 14.1. The second-order valence-electron chi connectivity index (χ2n) is 8.30. The van der Waals surface area contributed by atoms with Gasteiger partial charge in [-0.3, -0.25) is 9.69 Å². The van der Waals surface area contributed by atoms with Gasteiger partial charge < -0.3 is 4.74 Å². The van der Waals surface area contributed by atoms with Gasteiger partial charge in [-0.2, -0.15) is 0 Å². The third kappa shape index (κ3) is 5.07. The fraction of sp³-hybridized carbons (Fsp3) is 0.650. The first kappa shape index (κ1) is 18.0. The summed E-state index contributed by atoms with van der Waals surface area (Å²) >= 11 is 0. The van der Waals surface area contributed by atoms with Gasteiger partial charge in [0.25, 0.3) is 0 Å². The Hall–Kier alpha value is -1.35. The molecule has 0 aromatic heterocycles. The molecule has 0 aliphatic carbocycles. The zero-order chi connectivity index (χ0) is 17.2. The van der Waals surface area contributed by atoms with Crippen LogP contribution in [0.5, 0.6) is 0 Å². The summed E-state index contributed by atoms with van der Waals surface area (Å²) in [6, 6.07) is 8.69. The number of likely N-dealkylation sites (tertiary alicyclic amines) is 1. The molecule has 23 heavy (non-hydrogen) atoms. The van der Waals surface area contributed by atoms with E-state index in [2.05, 4.69) is 49.9 Å². The van der Waals surface area contributed by atoms with Crippen LogP contribution < -0.4 is 0 Å². The summed E-state index contributed by atoms with van der Waals surface area (Å²) in [5.74, 6) is 0.950. The normalized spacial score (nSPS) is 22.0. The lowest BCUT2D eigenvalue weighted by atomic mass is 9.89. The van der Waals surface area contributed by atoms with Crippen LogP contribution in [0, 0.1) is 11.8 Å². The van der Waals surface area contributed by atoms with Gasteiger partial charge in [0.05, 0.1) is 0 Å². The minimum Gasteiger partial charge on any atom is -0.459 e. The molecular formula is C20H31NO2. The second-order valence-corrected chi connectivity index (χ2v) is 8.30. The third-order valence-electron chi connectivity index (χ3n) is 4.16. The van der Waals surface area contributed by atoms with Crippen molar-refractivity contribution in [1.82, 2.24) is 4.90 Å². The van der Waals surface area contributed by atoms with Crippen molar-refractivity contribution in [1.29, 1.82) is 0 Å². The summed E-state index contributed by atoms with van der Waals surface area (Å²) in [5, 5.41) is 0. The van der Waals surface area contributed by atoms with Crippen molar-refractivity contribution in [3.8, 4) is 0 Å². The maximum atomic E-state index is 12.4. The van der Waals surface area contributed by atoms with E-state index in [1.54, 1.807) is 0 Å². The molecule has 0 bridgehead atoms. The Morgan fingerprint density at radius 2 is 1.78 bits per heavy atom. The quantitative estimate of drug-likeness (QED) is 0.767. The maximum absolute atomic E-state index is 12.4. The Labute approximate surface area is 141 Å². The van der Waals surface area contributed by atoms with Gasteiger partial charge >= 0.3 is 5.97 Å². The molecule has 1 aromatic rings. The van der Waals surface area contributed by atoms with E-state index >= 15 is 0 Å². The molecule has 3 heteroatoms. The Morgan fingerprint density at radius 1 is 1.22 bits per heavy atom. The second kappa shape index (κ2) is 7.04. The zero-order valence-electron chi connectivity index (χ0n) is 15.4. The average molecular weight is 317 g/mol. The summed E-state index contributed by atoms with van der Waals surface area (Å²) in [6.07, 6.45) is 1.11. The predicted octanol–water partition coefficient (Wildman–Crippen LogP) is 4.05. The minimum atomic E-state index is -0.420. The molecule has 1 aliphatic rings. The van der Waals surface area contributed by atoms with Crippen LogP contribution >= 0.6 is 0 Å². The lowest BCUT2D eigenvalue weighted by molar-refractivity contribution is -0.171. The van der Waals surface area contributed by atoms with E-state index < -0.39 is 5.60 Å². The molecule has 0 amide bonds. The van der Waals surface area contributed by atoms with Crippen molar-refractivity contribution >= 4 is 5.97 Å².